The second-order valence-corrected chi connectivity index (χ2v) is 8.29. The molecule has 0 spiro atoms. The highest BCUT2D eigenvalue weighted by Crippen LogP contribution is 2.24. The number of amides is 2. The Kier molecular flexibility index (Phi) is 6.38. The lowest BCUT2D eigenvalue weighted by atomic mass is 9.93. The minimum atomic E-state index is -0.0257. The molecule has 2 N–H and O–H groups in total. The van der Waals surface area contributed by atoms with Gasteiger partial charge in [-0.2, -0.15) is 0 Å². The van der Waals surface area contributed by atoms with Crippen LogP contribution in [0.3, 0.4) is 0 Å². The number of hydrogen-bond donors (Lipinski definition) is 2. The van der Waals surface area contributed by atoms with Crippen molar-refractivity contribution in [3.05, 3.63) is 70.9 Å². The van der Waals surface area contributed by atoms with Crippen LogP contribution in [0.2, 0.25) is 5.02 Å². The van der Waals surface area contributed by atoms with E-state index in [0.717, 1.165) is 24.8 Å². The Labute approximate surface area is 181 Å². The molecule has 0 radical (unpaired) electrons. The molecular weight excluding hydrogens is 398 g/mol. The summed E-state index contributed by atoms with van der Waals surface area (Å²) in [5.41, 5.74) is 2.89. The molecule has 0 aliphatic carbocycles. The molecule has 2 heterocycles. The number of likely N-dealkylation sites (tertiary alicyclic amines) is 1. The van der Waals surface area contributed by atoms with Crippen molar-refractivity contribution in [2.24, 2.45) is 5.92 Å². The summed E-state index contributed by atoms with van der Waals surface area (Å²) in [5.74, 6) is 0.376. The molecule has 0 atom stereocenters. The second kappa shape index (κ2) is 9.35. The van der Waals surface area contributed by atoms with Crippen molar-refractivity contribution in [1.82, 2.24) is 15.2 Å². The molecule has 2 aromatic carbocycles. The zero-order valence-electron chi connectivity index (χ0n) is 16.9. The van der Waals surface area contributed by atoms with Crippen LogP contribution in [0.25, 0.3) is 10.9 Å². The van der Waals surface area contributed by atoms with Crippen molar-refractivity contribution in [3.63, 3.8) is 0 Å². The van der Waals surface area contributed by atoms with Crippen LogP contribution in [0.15, 0.2) is 54.7 Å². The third kappa shape index (κ3) is 4.68. The van der Waals surface area contributed by atoms with E-state index < -0.39 is 0 Å². The van der Waals surface area contributed by atoms with Gasteiger partial charge in [0.2, 0.25) is 5.91 Å². The van der Waals surface area contributed by atoms with Gasteiger partial charge in [-0.1, -0.05) is 41.9 Å². The third-order valence-electron chi connectivity index (χ3n) is 5.87. The Hall–Kier alpha value is -2.79. The van der Waals surface area contributed by atoms with E-state index in [0.29, 0.717) is 42.6 Å². The topological polar surface area (TPSA) is 65.2 Å². The number of hydrogen-bond acceptors (Lipinski definition) is 2. The molecule has 0 unspecified atom stereocenters. The first-order valence-corrected chi connectivity index (χ1v) is 10.8. The number of nitrogens with zero attached hydrogens (tertiary/aromatic N) is 1. The van der Waals surface area contributed by atoms with Crippen molar-refractivity contribution in [3.8, 4) is 0 Å². The Balaban J connectivity index is 1.21. The Bertz CT molecular complexity index is 1040. The first-order chi connectivity index (χ1) is 14.6. The Morgan fingerprint density at radius 2 is 1.80 bits per heavy atom. The van der Waals surface area contributed by atoms with Gasteiger partial charge in [0.15, 0.2) is 0 Å². The lowest BCUT2D eigenvalue weighted by molar-refractivity contribution is -0.122. The van der Waals surface area contributed by atoms with Gasteiger partial charge in [-0.25, -0.2) is 0 Å². The first-order valence-electron chi connectivity index (χ1n) is 10.5. The maximum absolute atomic E-state index is 12.7. The summed E-state index contributed by atoms with van der Waals surface area (Å²) < 4.78 is 0. The van der Waals surface area contributed by atoms with Crippen LogP contribution in [0.1, 0.15) is 35.2 Å². The third-order valence-corrected chi connectivity index (χ3v) is 6.20. The quantitative estimate of drug-likeness (QED) is 0.616. The number of halogens is 1. The smallest absolute Gasteiger partial charge is 0.255 e. The van der Waals surface area contributed by atoms with Crippen LogP contribution in [0, 0.1) is 5.92 Å². The second-order valence-electron chi connectivity index (χ2n) is 7.88. The molecule has 0 bridgehead atoms. The SMILES string of the molecule is O=C(CC1CCN(C(=O)c2ccccc2Cl)CC1)NCCc1c[nH]c2ccccc12. The highest BCUT2D eigenvalue weighted by Gasteiger charge is 2.26. The molecule has 0 saturated carbocycles. The van der Waals surface area contributed by atoms with Crippen LogP contribution in [0.4, 0.5) is 0 Å². The number of carbonyl (C=O) groups excluding carboxylic acids is 2. The summed E-state index contributed by atoms with van der Waals surface area (Å²) in [6.07, 6.45) is 5.02. The Morgan fingerprint density at radius 1 is 1.07 bits per heavy atom. The highest BCUT2D eigenvalue weighted by molar-refractivity contribution is 6.33. The standard InChI is InChI=1S/C24H26ClN3O2/c25-21-7-3-1-6-20(21)24(30)28-13-10-17(11-14-28)15-23(29)26-12-9-18-16-27-22-8-4-2-5-19(18)22/h1-8,16-17,27H,9-15H2,(H,26,29). The monoisotopic (exact) mass is 423 g/mol. The molecule has 4 rings (SSSR count). The van der Waals surface area contributed by atoms with Gasteiger partial charge in [0, 0.05) is 43.2 Å². The molecule has 3 aromatic rings. The molecule has 1 fully saturated rings. The number of aromatic amines is 1. The minimum Gasteiger partial charge on any atom is -0.361 e. The number of para-hydroxylation sites is 1. The lowest BCUT2D eigenvalue weighted by Gasteiger charge is -2.32. The molecular formula is C24H26ClN3O2. The molecule has 156 valence electrons. The van der Waals surface area contributed by atoms with Crippen LogP contribution in [-0.2, 0) is 11.2 Å². The maximum atomic E-state index is 12.7. The molecule has 5 nitrogen and oxygen atoms in total. The number of H-pyrrole nitrogens is 1. The zero-order chi connectivity index (χ0) is 20.9. The normalized spacial score (nSPS) is 14.8. The van der Waals surface area contributed by atoms with Gasteiger partial charge in [-0.05, 0) is 48.9 Å². The van der Waals surface area contributed by atoms with Crippen molar-refractivity contribution < 1.29 is 9.59 Å². The number of benzene rings is 2. The minimum absolute atomic E-state index is 0.0257. The van der Waals surface area contributed by atoms with Gasteiger partial charge in [0.25, 0.3) is 5.91 Å². The van der Waals surface area contributed by atoms with Crippen LogP contribution in [-0.4, -0.2) is 41.3 Å². The molecule has 1 saturated heterocycles. The molecule has 6 heteroatoms. The van der Waals surface area contributed by atoms with E-state index in [1.54, 1.807) is 12.1 Å². The average Bonchev–Trinajstić information content (AvgIpc) is 3.17. The molecule has 1 aliphatic rings. The van der Waals surface area contributed by atoms with Gasteiger partial charge in [-0.3, -0.25) is 9.59 Å². The number of carbonyl (C=O) groups is 2. The fourth-order valence-corrected chi connectivity index (χ4v) is 4.37. The Morgan fingerprint density at radius 3 is 2.60 bits per heavy atom. The number of rotatable bonds is 6. The predicted molar refractivity (Wildman–Crippen MR) is 120 cm³/mol. The van der Waals surface area contributed by atoms with E-state index in [9.17, 15) is 9.59 Å². The van der Waals surface area contributed by atoms with Gasteiger partial charge < -0.3 is 15.2 Å². The largest absolute Gasteiger partial charge is 0.361 e. The van der Waals surface area contributed by atoms with Gasteiger partial charge in [-0.15, -0.1) is 0 Å². The van der Waals surface area contributed by atoms with Crippen molar-refractivity contribution in [2.45, 2.75) is 25.7 Å². The summed E-state index contributed by atoms with van der Waals surface area (Å²) in [6.45, 7) is 1.96. The van der Waals surface area contributed by atoms with Crippen LogP contribution in [0.5, 0.6) is 0 Å². The van der Waals surface area contributed by atoms with Gasteiger partial charge in [0.05, 0.1) is 10.6 Å². The molecule has 1 aromatic heterocycles. The number of nitrogens with one attached hydrogen (secondary N) is 2. The summed E-state index contributed by atoms with van der Waals surface area (Å²) in [7, 11) is 0. The van der Waals surface area contributed by atoms with Crippen molar-refractivity contribution in [2.75, 3.05) is 19.6 Å². The van der Waals surface area contributed by atoms with E-state index in [-0.39, 0.29) is 11.8 Å². The number of aromatic nitrogens is 1. The molecule has 1 aliphatic heterocycles. The van der Waals surface area contributed by atoms with Crippen molar-refractivity contribution >= 4 is 34.3 Å². The first kappa shape index (κ1) is 20.5. The van der Waals surface area contributed by atoms with Crippen LogP contribution < -0.4 is 5.32 Å². The van der Waals surface area contributed by atoms with E-state index in [1.807, 2.05) is 35.4 Å². The zero-order valence-corrected chi connectivity index (χ0v) is 17.6. The molecule has 30 heavy (non-hydrogen) atoms. The molecule has 2 amide bonds. The number of fused-ring (bicyclic) bond motifs is 1. The predicted octanol–water partition coefficient (Wildman–Crippen LogP) is 4.42. The lowest BCUT2D eigenvalue weighted by Crippen LogP contribution is -2.40. The fourth-order valence-electron chi connectivity index (χ4n) is 4.15. The van der Waals surface area contributed by atoms with Crippen LogP contribution >= 0.6 is 11.6 Å². The average molecular weight is 424 g/mol. The van der Waals surface area contributed by atoms with Gasteiger partial charge >= 0.3 is 0 Å². The summed E-state index contributed by atoms with van der Waals surface area (Å²) in [5, 5.41) is 4.75. The summed E-state index contributed by atoms with van der Waals surface area (Å²) in [6, 6.07) is 15.3. The summed E-state index contributed by atoms with van der Waals surface area (Å²) >= 11 is 6.15. The highest BCUT2D eigenvalue weighted by atomic mass is 35.5. The number of piperidine rings is 1. The van der Waals surface area contributed by atoms with E-state index >= 15 is 0 Å². The van der Waals surface area contributed by atoms with E-state index in [1.165, 1.54) is 10.9 Å². The van der Waals surface area contributed by atoms with Crippen molar-refractivity contribution in [1.29, 1.82) is 0 Å². The fraction of sp³-hybridized carbons (Fsp3) is 0.333. The van der Waals surface area contributed by atoms with E-state index in [2.05, 4.69) is 22.4 Å². The van der Waals surface area contributed by atoms with Gasteiger partial charge in [0.1, 0.15) is 0 Å². The summed E-state index contributed by atoms with van der Waals surface area (Å²) in [4.78, 5) is 30.1. The van der Waals surface area contributed by atoms with E-state index in [4.69, 9.17) is 11.6 Å². The maximum Gasteiger partial charge on any atom is 0.255 e.